The summed E-state index contributed by atoms with van der Waals surface area (Å²) in [7, 11) is 0. The number of rotatable bonds is 6. The quantitative estimate of drug-likeness (QED) is 0.584. The molecule has 0 aliphatic rings. The molecule has 1 N–H and O–H groups in total. The number of ether oxygens (including phenoxy) is 2. The van der Waals surface area contributed by atoms with Crippen molar-refractivity contribution in [1.82, 2.24) is 4.98 Å². The second-order valence-corrected chi connectivity index (χ2v) is 6.38. The predicted octanol–water partition coefficient (Wildman–Crippen LogP) is 4.15. The fraction of sp³-hybridized carbons (Fsp3) is 0.278. The molecule has 138 valence electrons. The Labute approximate surface area is 160 Å². The van der Waals surface area contributed by atoms with E-state index in [1.54, 1.807) is 20.8 Å². The first-order valence-corrected chi connectivity index (χ1v) is 8.52. The van der Waals surface area contributed by atoms with Gasteiger partial charge in [-0.3, -0.25) is 4.79 Å². The first kappa shape index (κ1) is 20.0. The van der Waals surface area contributed by atoms with E-state index in [1.807, 2.05) is 0 Å². The minimum Gasteiger partial charge on any atom is -0.462 e. The highest BCUT2D eigenvalue weighted by Crippen LogP contribution is 2.22. The number of hydrogen-bond donors (Lipinski definition) is 1. The number of carbonyl (C=O) groups is 3. The molecule has 0 aliphatic heterocycles. The van der Waals surface area contributed by atoms with E-state index in [9.17, 15) is 14.4 Å². The van der Waals surface area contributed by atoms with E-state index in [0.29, 0.717) is 11.4 Å². The molecule has 8 heteroatoms. The van der Waals surface area contributed by atoms with Gasteiger partial charge in [-0.15, -0.1) is 0 Å². The van der Waals surface area contributed by atoms with E-state index < -0.39 is 24.3 Å². The molecular weight excluding hydrogens is 381 g/mol. The third-order valence-electron chi connectivity index (χ3n) is 3.57. The van der Waals surface area contributed by atoms with Gasteiger partial charge in [-0.05, 0) is 39.0 Å². The normalized spacial score (nSPS) is 10.5. The second-order valence-electron chi connectivity index (χ2n) is 5.50. The van der Waals surface area contributed by atoms with Crippen LogP contribution in [0.15, 0.2) is 18.2 Å². The van der Waals surface area contributed by atoms with Crippen molar-refractivity contribution in [3.05, 3.63) is 56.3 Å². The number of benzene rings is 1. The van der Waals surface area contributed by atoms with Crippen LogP contribution >= 0.6 is 23.2 Å². The minimum atomic E-state index is -0.745. The number of Topliss-reactive ketones (excluding diaryl/α,β-unsaturated/α-hetero) is 1. The Morgan fingerprint density at radius 3 is 2.08 bits per heavy atom. The molecule has 0 atom stereocenters. The van der Waals surface area contributed by atoms with E-state index in [1.165, 1.54) is 18.2 Å². The van der Waals surface area contributed by atoms with E-state index in [0.717, 1.165) is 0 Å². The summed E-state index contributed by atoms with van der Waals surface area (Å²) >= 11 is 11.7. The molecule has 6 nitrogen and oxygen atoms in total. The van der Waals surface area contributed by atoms with Crippen molar-refractivity contribution >= 4 is 40.9 Å². The molecule has 0 saturated carbocycles. The van der Waals surface area contributed by atoms with Crippen molar-refractivity contribution < 1.29 is 23.9 Å². The summed E-state index contributed by atoms with van der Waals surface area (Å²) in [6.45, 7) is 4.64. The second kappa shape index (κ2) is 8.38. The van der Waals surface area contributed by atoms with Gasteiger partial charge in [0.25, 0.3) is 0 Å². The fourth-order valence-corrected chi connectivity index (χ4v) is 3.07. The number of aromatic amines is 1. The van der Waals surface area contributed by atoms with Gasteiger partial charge in [-0.1, -0.05) is 23.2 Å². The summed E-state index contributed by atoms with van der Waals surface area (Å²) in [5.41, 5.74) is 1.44. The molecule has 0 saturated heterocycles. The Hall–Kier alpha value is -2.31. The maximum Gasteiger partial charge on any atom is 0.340 e. The molecule has 0 fully saturated rings. The lowest BCUT2D eigenvalue weighted by Gasteiger charge is -2.07. The number of aromatic nitrogens is 1. The average molecular weight is 398 g/mol. The van der Waals surface area contributed by atoms with Gasteiger partial charge in [0.2, 0.25) is 5.78 Å². The standard InChI is InChI=1S/C18H17Cl2NO5/c1-4-25-18(24)16-10(3)21-9(2)15(16)14(22)8-26-17(23)11-5-12(19)7-13(20)6-11/h5-7,21H,4,8H2,1-3H3. The third-order valence-corrected chi connectivity index (χ3v) is 4.00. The molecular formula is C18H17Cl2NO5. The van der Waals surface area contributed by atoms with Crippen molar-refractivity contribution in [2.45, 2.75) is 20.8 Å². The Morgan fingerprint density at radius 2 is 1.50 bits per heavy atom. The van der Waals surface area contributed by atoms with Crippen LogP contribution in [0.25, 0.3) is 0 Å². The van der Waals surface area contributed by atoms with Crippen LogP contribution in [0.3, 0.4) is 0 Å². The van der Waals surface area contributed by atoms with E-state index in [4.69, 9.17) is 32.7 Å². The summed E-state index contributed by atoms with van der Waals surface area (Å²) in [5, 5.41) is 0.551. The van der Waals surface area contributed by atoms with Crippen molar-refractivity contribution in [2.75, 3.05) is 13.2 Å². The van der Waals surface area contributed by atoms with Crippen LogP contribution in [-0.4, -0.2) is 35.9 Å². The van der Waals surface area contributed by atoms with Crippen LogP contribution < -0.4 is 0 Å². The predicted molar refractivity (Wildman–Crippen MR) is 97.3 cm³/mol. The largest absolute Gasteiger partial charge is 0.462 e. The van der Waals surface area contributed by atoms with E-state index in [-0.39, 0.29) is 33.3 Å². The maximum atomic E-state index is 12.5. The first-order chi connectivity index (χ1) is 12.2. The zero-order valence-electron chi connectivity index (χ0n) is 14.4. The molecule has 0 amide bonds. The van der Waals surface area contributed by atoms with Gasteiger partial charge in [-0.25, -0.2) is 9.59 Å². The van der Waals surface area contributed by atoms with E-state index in [2.05, 4.69) is 4.98 Å². The number of nitrogens with one attached hydrogen (secondary N) is 1. The van der Waals surface area contributed by atoms with Gasteiger partial charge in [0.15, 0.2) is 6.61 Å². The maximum absolute atomic E-state index is 12.5. The van der Waals surface area contributed by atoms with Gasteiger partial charge in [0.1, 0.15) is 0 Å². The molecule has 0 bridgehead atoms. The van der Waals surface area contributed by atoms with Gasteiger partial charge in [0, 0.05) is 21.4 Å². The summed E-state index contributed by atoms with van der Waals surface area (Å²) in [5.74, 6) is -1.87. The van der Waals surface area contributed by atoms with Gasteiger partial charge >= 0.3 is 11.9 Å². The summed E-state index contributed by atoms with van der Waals surface area (Å²) in [4.78, 5) is 39.7. The van der Waals surface area contributed by atoms with Crippen molar-refractivity contribution in [3.8, 4) is 0 Å². The molecule has 2 aromatic rings. The Balaban J connectivity index is 2.18. The topological polar surface area (TPSA) is 85.5 Å². The number of halogens is 2. The number of H-pyrrole nitrogens is 1. The van der Waals surface area contributed by atoms with Crippen LogP contribution in [0.2, 0.25) is 10.0 Å². The SMILES string of the molecule is CCOC(=O)c1c(C)[nH]c(C)c1C(=O)COC(=O)c1cc(Cl)cc(Cl)c1. The summed E-state index contributed by atoms with van der Waals surface area (Å²) < 4.78 is 10.0. The molecule has 1 heterocycles. The van der Waals surface area contributed by atoms with Gasteiger partial charge in [-0.2, -0.15) is 0 Å². The van der Waals surface area contributed by atoms with Crippen LogP contribution in [-0.2, 0) is 9.47 Å². The van der Waals surface area contributed by atoms with Crippen LogP contribution in [0.4, 0.5) is 0 Å². The average Bonchev–Trinajstić information content (AvgIpc) is 2.85. The fourth-order valence-electron chi connectivity index (χ4n) is 2.55. The van der Waals surface area contributed by atoms with Crippen LogP contribution in [0.1, 0.15) is 49.4 Å². The lowest BCUT2D eigenvalue weighted by molar-refractivity contribution is 0.0472. The number of ketones is 1. The highest BCUT2D eigenvalue weighted by molar-refractivity contribution is 6.35. The summed E-state index contributed by atoms with van der Waals surface area (Å²) in [6.07, 6.45) is 0. The lowest BCUT2D eigenvalue weighted by Crippen LogP contribution is -2.18. The molecule has 26 heavy (non-hydrogen) atoms. The molecule has 1 aromatic heterocycles. The number of esters is 2. The Bertz CT molecular complexity index is 852. The minimum absolute atomic E-state index is 0.128. The van der Waals surface area contributed by atoms with Crippen molar-refractivity contribution in [2.24, 2.45) is 0 Å². The lowest BCUT2D eigenvalue weighted by atomic mass is 10.1. The molecule has 0 unspecified atom stereocenters. The molecule has 0 spiro atoms. The van der Waals surface area contributed by atoms with E-state index >= 15 is 0 Å². The first-order valence-electron chi connectivity index (χ1n) is 7.77. The van der Waals surface area contributed by atoms with Crippen LogP contribution in [0.5, 0.6) is 0 Å². The van der Waals surface area contributed by atoms with Gasteiger partial charge < -0.3 is 14.5 Å². The zero-order chi connectivity index (χ0) is 19.4. The molecule has 0 aliphatic carbocycles. The summed E-state index contributed by atoms with van der Waals surface area (Å²) in [6, 6.07) is 4.24. The van der Waals surface area contributed by atoms with Crippen molar-refractivity contribution in [3.63, 3.8) is 0 Å². The van der Waals surface area contributed by atoms with Gasteiger partial charge in [0.05, 0.1) is 23.3 Å². The highest BCUT2D eigenvalue weighted by atomic mass is 35.5. The van der Waals surface area contributed by atoms with Crippen LogP contribution in [0, 0.1) is 13.8 Å². The van der Waals surface area contributed by atoms with Crippen molar-refractivity contribution in [1.29, 1.82) is 0 Å². The number of carbonyl (C=O) groups excluding carboxylic acids is 3. The molecule has 2 rings (SSSR count). The Kier molecular flexibility index (Phi) is 6.45. The highest BCUT2D eigenvalue weighted by Gasteiger charge is 2.26. The smallest absolute Gasteiger partial charge is 0.340 e. The Morgan fingerprint density at radius 1 is 0.923 bits per heavy atom. The number of aryl methyl sites for hydroxylation is 2. The zero-order valence-corrected chi connectivity index (χ0v) is 16.0. The third kappa shape index (κ3) is 4.45. The molecule has 1 aromatic carbocycles. The number of hydrogen-bond acceptors (Lipinski definition) is 5. The monoisotopic (exact) mass is 397 g/mol. The molecule has 0 radical (unpaired) electrons.